The first kappa shape index (κ1) is 18.1. The molecule has 1 atom stereocenters. The Balaban J connectivity index is 1.67. The highest BCUT2D eigenvalue weighted by Crippen LogP contribution is 2.26. The van der Waals surface area contributed by atoms with Gasteiger partial charge in [0.25, 0.3) is 0 Å². The highest BCUT2D eigenvalue weighted by Gasteiger charge is 2.31. The van der Waals surface area contributed by atoms with E-state index in [1.807, 2.05) is 13.0 Å². The maximum absolute atomic E-state index is 12.9. The molecule has 3 heterocycles. The SMILES string of the molecule is COCc1nc(C)cc(N2CCC[C@H](C(=O)N3CCC(C)CC3)C2)n1. The van der Waals surface area contributed by atoms with Crippen molar-refractivity contribution in [2.24, 2.45) is 11.8 Å². The molecule has 1 aromatic rings. The average molecular weight is 346 g/mol. The number of ether oxygens (including phenoxy) is 1. The largest absolute Gasteiger partial charge is 0.377 e. The zero-order chi connectivity index (χ0) is 17.8. The number of likely N-dealkylation sites (tertiary alicyclic amines) is 1. The number of amides is 1. The van der Waals surface area contributed by atoms with Gasteiger partial charge in [-0.15, -0.1) is 0 Å². The fraction of sp³-hybridized carbons (Fsp3) is 0.737. The summed E-state index contributed by atoms with van der Waals surface area (Å²) in [6.07, 6.45) is 4.28. The van der Waals surface area contributed by atoms with Gasteiger partial charge in [-0.3, -0.25) is 4.79 Å². The highest BCUT2D eigenvalue weighted by molar-refractivity contribution is 5.79. The summed E-state index contributed by atoms with van der Waals surface area (Å²) in [6.45, 7) is 8.21. The Bertz CT molecular complexity index is 599. The molecule has 6 nitrogen and oxygen atoms in total. The molecule has 3 rings (SSSR count). The Morgan fingerprint density at radius 2 is 2.00 bits per heavy atom. The fourth-order valence-electron chi connectivity index (χ4n) is 3.84. The van der Waals surface area contributed by atoms with Gasteiger partial charge >= 0.3 is 0 Å². The molecule has 6 heteroatoms. The van der Waals surface area contributed by atoms with Crippen molar-refractivity contribution >= 4 is 11.7 Å². The summed E-state index contributed by atoms with van der Waals surface area (Å²) >= 11 is 0. The number of aryl methyl sites for hydroxylation is 1. The number of piperidine rings is 2. The normalized spacial score (nSPS) is 22.3. The Labute approximate surface area is 150 Å². The maximum Gasteiger partial charge on any atom is 0.227 e. The quantitative estimate of drug-likeness (QED) is 0.838. The topological polar surface area (TPSA) is 58.6 Å². The van der Waals surface area contributed by atoms with Gasteiger partial charge in [-0.1, -0.05) is 6.92 Å². The first-order valence-electron chi connectivity index (χ1n) is 9.44. The van der Waals surface area contributed by atoms with Crippen molar-refractivity contribution in [3.63, 3.8) is 0 Å². The summed E-state index contributed by atoms with van der Waals surface area (Å²) in [7, 11) is 1.65. The maximum atomic E-state index is 12.9. The second-order valence-electron chi connectivity index (χ2n) is 7.51. The van der Waals surface area contributed by atoms with Gasteiger partial charge in [0, 0.05) is 45.0 Å². The summed E-state index contributed by atoms with van der Waals surface area (Å²) in [6, 6.07) is 2.01. The van der Waals surface area contributed by atoms with Gasteiger partial charge in [-0.2, -0.15) is 0 Å². The minimum Gasteiger partial charge on any atom is -0.377 e. The third-order valence-corrected chi connectivity index (χ3v) is 5.35. The fourth-order valence-corrected chi connectivity index (χ4v) is 3.84. The highest BCUT2D eigenvalue weighted by atomic mass is 16.5. The standard InChI is InChI=1S/C19H30N4O2/c1-14-6-9-22(10-7-14)19(24)16-5-4-8-23(12-16)18-11-15(2)20-17(21-18)13-25-3/h11,14,16H,4-10,12-13H2,1-3H3/t16-/m0/s1. The number of hydrogen-bond acceptors (Lipinski definition) is 5. The second-order valence-corrected chi connectivity index (χ2v) is 7.51. The van der Waals surface area contributed by atoms with E-state index in [4.69, 9.17) is 4.74 Å². The molecular weight excluding hydrogens is 316 g/mol. The van der Waals surface area contributed by atoms with Crippen LogP contribution in [0, 0.1) is 18.8 Å². The minimum atomic E-state index is 0.0864. The van der Waals surface area contributed by atoms with E-state index in [0.29, 0.717) is 18.3 Å². The van der Waals surface area contributed by atoms with Crippen LogP contribution in [0.3, 0.4) is 0 Å². The van der Waals surface area contributed by atoms with Crippen molar-refractivity contribution in [3.8, 4) is 0 Å². The van der Waals surface area contributed by atoms with Gasteiger partial charge in [-0.05, 0) is 38.5 Å². The van der Waals surface area contributed by atoms with Gasteiger partial charge < -0.3 is 14.5 Å². The lowest BCUT2D eigenvalue weighted by Crippen LogP contribution is -2.47. The van der Waals surface area contributed by atoms with Crippen LogP contribution in [0.5, 0.6) is 0 Å². The Kier molecular flexibility index (Phi) is 5.89. The summed E-state index contributed by atoms with van der Waals surface area (Å²) in [5.41, 5.74) is 0.940. The van der Waals surface area contributed by atoms with Gasteiger partial charge in [0.2, 0.25) is 5.91 Å². The van der Waals surface area contributed by atoms with E-state index in [1.165, 1.54) is 0 Å². The van der Waals surface area contributed by atoms with Crippen molar-refractivity contribution < 1.29 is 9.53 Å². The predicted octanol–water partition coefficient (Wildman–Crippen LogP) is 2.41. The molecule has 0 saturated carbocycles. The molecule has 0 spiro atoms. The molecule has 25 heavy (non-hydrogen) atoms. The average Bonchev–Trinajstić information content (AvgIpc) is 2.62. The molecule has 2 aliphatic heterocycles. The molecule has 2 fully saturated rings. The molecule has 0 N–H and O–H groups in total. The Morgan fingerprint density at radius 3 is 2.72 bits per heavy atom. The van der Waals surface area contributed by atoms with E-state index in [1.54, 1.807) is 7.11 Å². The number of carbonyl (C=O) groups is 1. The first-order chi connectivity index (χ1) is 12.1. The number of carbonyl (C=O) groups excluding carboxylic acids is 1. The van der Waals surface area contributed by atoms with E-state index >= 15 is 0 Å². The lowest BCUT2D eigenvalue weighted by Gasteiger charge is -2.37. The van der Waals surface area contributed by atoms with Crippen LogP contribution in [-0.4, -0.2) is 54.1 Å². The molecule has 1 aromatic heterocycles. The molecule has 2 aliphatic rings. The number of hydrogen-bond donors (Lipinski definition) is 0. The lowest BCUT2D eigenvalue weighted by atomic mass is 9.93. The van der Waals surface area contributed by atoms with Crippen LogP contribution in [0.1, 0.15) is 44.1 Å². The van der Waals surface area contributed by atoms with Gasteiger partial charge in [0.05, 0.1) is 5.92 Å². The zero-order valence-electron chi connectivity index (χ0n) is 15.7. The summed E-state index contributed by atoms with van der Waals surface area (Å²) in [4.78, 5) is 26.3. The van der Waals surface area contributed by atoms with Crippen LogP contribution in [0.25, 0.3) is 0 Å². The lowest BCUT2D eigenvalue weighted by molar-refractivity contribution is -0.137. The number of aromatic nitrogens is 2. The van der Waals surface area contributed by atoms with Gasteiger partial charge in [-0.25, -0.2) is 9.97 Å². The molecule has 0 radical (unpaired) electrons. The van der Waals surface area contributed by atoms with Crippen LogP contribution < -0.4 is 4.90 Å². The zero-order valence-corrected chi connectivity index (χ0v) is 15.7. The van der Waals surface area contributed by atoms with Crippen molar-refractivity contribution in [2.45, 2.75) is 46.1 Å². The van der Waals surface area contributed by atoms with Crippen molar-refractivity contribution in [1.29, 1.82) is 0 Å². The number of anilines is 1. The van der Waals surface area contributed by atoms with Crippen LogP contribution in [0.15, 0.2) is 6.07 Å². The Hall–Kier alpha value is -1.69. The molecule has 1 amide bonds. The van der Waals surface area contributed by atoms with E-state index in [-0.39, 0.29) is 5.92 Å². The van der Waals surface area contributed by atoms with Gasteiger partial charge in [0.15, 0.2) is 5.82 Å². The smallest absolute Gasteiger partial charge is 0.227 e. The summed E-state index contributed by atoms with van der Waals surface area (Å²) in [5.74, 6) is 2.79. The molecule has 2 saturated heterocycles. The van der Waals surface area contributed by atoms with Crippen molar-refractivity contribution in [1.82, 2.24) is 14.9 Å². The third kappa shape index (κ3) is 4.48. The van der Waals surface area contributed by atoms with E-state index in [2.05, 4.69) is 26.7 Å². The van der Waals surface area contributed by atoms with Crippen LogP contribution in [-0.2, 0) is 16.1 Å². The summed E-state index contributed by atoms with van der Waals surface area (Å²) in [5, 5.41) is 0. The minimum absolute atomic E-state index is 0.0864. The molecule has 0 aromatic carbocycles. The molecule has 0 bridgehead atoms. The second kappa shape index (κ2) is 8.13. The van der Waals surface area contributed by atoms with Crippen LogP contribution in [0.4, 0.5) is 5.82 Å². The van der Waals surface area contributed by atoms with Crippen molar-refractivity contribution in [3.05, 3.63) is 17.6 Å². The van der Waals surface area contributed by atoms with Crippen molar-refractivity contribution in [2.75, 3.05) is 38.2 Å². The first-order valence-corrected chi connectivity index (χ1v) is 9.44. The van der Waals surface area contributed by atoms with Gasteiger partial charge in [0.1, 0.15) is 12.4 Å². The Morgan fingerprint density at radius 1 is 1.24 bits per heavy atom. The molecule has 138 valence electrons. The molecular formula is C19H30N4O2. The van der Waals surface area contributed by atoms with E-state index in [9.17, 15) is 4.79 Å². The number of nitrogens with zero attached hydrogens (tertiary/aromatic N) is 4. The molecule has 0 unspecified atom stereocenters. The number of methoxy groups -OCH3 is 1. The van der Waals surface area contributed by atoms with Crippen LogP contribution >= 0.6 is 0 Å². The van der Waals surface area contributed by atoms with E-state index in [0.717, 1.165) is 69.3 Å². The predicted molar refractivity (Wildman–Crippen MR) is 97.4 cm³/mol. The molecule has 0 aliphatic carbocycles. The third-order valence-electron chi connectivity index (χ3n) is 5.35. The number of rotatable bonds is 4. The summed E-state index contributed by atoms with van der Waals surface area (Å²) < 4.78 is 5.17. The van der Waals surface area contributed by atoms with Crippen LogP contribution in [0.2, 0.25) is 0 Å². The van der Waals surface area contributed by atoms with E-state index < -0.39 is 0 Å². The monoisotopic (exact) mass is 346 g/mol.